The molecule has 18 heavy (non-hydrogen) atoms. The number of alkyl halides is 1. The van der Waals surface area contributed by atoms with Crippen LogP contribution in [0.2, 0.25) is 0 Å². The van der Waals surface area contributed by atoms with Crippen LogP contribution in [0.4, 0.5) is 0 Å². The zero-order valence-corrected chi connectivity index (χ0v) is 12.8. The average Bonchev–Trinajstić information content (AvgIpc) is 2.41. The van der Waals surface area contributed by atoms with Gasteiger partial charge in [-0.15, -0.1) is 0 Å². The fraction of sp³-hybridized carbons (Fsp3) is 0.833. The van der Waals surface area contributed by atoms with Crippen LogP contribution in [0.1, 0.15) is 33.1 Å². The molecule has 3 N–H and O–H groups in total. The number of halogens is 1. The van der Waals surface area contributed by atoms with E-state index >= 15 is 0 Å². The van der Waals surface area contributed by atoms with E-state index in [9.17, 15) is 9.59 Å². The van der Waals surface area contributed by atoms with Crippen molar-refractivity contribution in [3.05, 3.63) is 0 Å². The van der Waals surface area contributed by atoms with E-state index in [1.54, 1.807) is 0 Å². The second kappa shape index (κ2) is 10.3. The first-order valence-corrected chi connectivity index (χ1v) is 7.54. The fourth-order valence-electron chi connectivity index (χ4n) is 1.85. The summed E-state index contributed by atoms with van der Waals surface area (Å²) in [6.45, 7) is 5.59. The van der Waals surface area contributed by atoms with Crippen LogP contribution in [-0.4, -0.2) is 47.7 Å². The van der Waals surface area contributed by atoms with Crippen molar-refractivity contribution in [1.82, 2.24) is 10.2 Å². The maximum absolute atomic E-state index is 11.7. The van der Waals surface area contributed by atoms with Gasteiger partial charge in [0.2, 0.25) is 11.8 Å². The molecule has 1 atom stereocenters. The maximum Gasteiger partial charge on any atom is 0.230 e. The Labute approximate surface area is 118 Å². The van der Waals surface area contributed by atoms with Gasteiger partial charge in [0.15, 0.2) is 0 Å². The Morgan fingerprint density at radius 1 is 1.39 bits per heavy atom. The van der Waals surface area contributed by atoms with Crippen LogP contribution in [0.5, 0.6) is 0 Å². The van der Waals surface area contributed by atoms with Gasteiger partial charge in [0.25, 0.3) is 0 Å². The van der Waals surface area contributed by atoms with Gasteiger partial charge in [-0.25, -0.2) is 0 Å². The van der Waals surface area contributed by atoms with Gasteiger partial charge in [-0.3, -0.25) is 9.59 Å². The third-order valence-electron chi connectivity index (χ3n) is 2.83. The summed E-state index contributed by atoms with van der Waals surface area (Å²) in [6.07, 6.45) is 2.15. The van der Waals surface area contributed by atoms with E-state index in [1.807, 2.05) is 18.7 Å². The van der Waals surface area contributed by atoms with Crippen LogP contribution in [0.25, 0.3) is 0 Å². The molecule has 0 spiro atoms. The second-order valence-corrected chi connectivity index (χ2v) is 4.61. The fourth-order valence-corrected chi connectivity index (χ4v) is 2.05. The molecule has 0 aliphatic heterocycles. The van der Waals surface area contributed by atoms with Gasteiger partial charge in [0, 0.05) is 32.1 Å². The van der Waals surface area contributed by atoms with Crippen LogP contribution in [-0.2, 0) is 9.59 Å². The lowest BCUT2D eigenvalue weighted by Gasteiger charge is -2.30. The van der Waals surface area contributed by atoms with E-state index < -0.39 is 0 Å². The molecule has 0 heterocycles. The second-order valence-electron chi connectivity index (χ2n) is 4.05. The molecule has 0 rings (SSSR count). The Bertz CT molecular complexity index is 262. The summed E-state index contributed by atoms with van der Waals surface area (Å²) >= 11 is 3.09. The molecule has 0 radical (unpaired) electrons. The Morgan fingerprint density at radius 3 is 2.50 bits per heavy atom. The lowest BCUT2D eigenvalue weighted by Crippen LogP contribution is -2.44. The first kappa shape index (κ1) is 17.4. The normalized spacial score (nSPS) is 12.0. The number of rotatable bonds is 9. The minimum absolute atomic E-state index is 0.0173. The zero-order chi connectivity index (χ0) is 14.0. The van der Waals surface area contributed by atoms with Gasteiger partial charge in [-0.2, -0.15) is 0 Å². The monoisotopic (exact) mass is 321 g/mol. The number of nitrogens with zero attached hydrogens (tertiary/aromatic N) is 1. The topological polar surface area (TPSA) is 75.4 Å². The summed E-state index contributed by atoms with van der Waals surface area (Å²) in [5.41, 5.74) is 5.72. The number of nitrogens with one attached hydrogen (secondary N) is 1. The highest BCUT2D eigenvalue weighted by molar-refractivity contribution is 9.09. The molecule has 0 aliphatic carbocycles. The molecule has 0 aromatic rings. The van der Waals surface area contributed by atoms with Crippen molar-refractivity contribution in [1.29, 1.82) is 0 Å². The van der Waals surface area contributed by atoms with E-state index in [-0.39, 0.29) is 17.9 Å². The van der Waals surface area contributed by atoms with Crippen LogP contribution >= 0.6 is 15.9 Å². The van der Waals surface area contributed by atoms with E-state index in [2.05, 4.69) is 21.2 Å². The van der Waals surface area contributed by atoms with Gasteiger partial charge in [-0.05, 0) is 19.8 Å². The average molecular weight is 322 g/mol. The molecular weight excluding hydrogens is 298 g/mol. The molecule has 1 unspecified atom stereocenters. The minimum atomic E-state index is -0.0173. The van der Waals surface area contributed by atoms with Gasteiger partial charge in [-0.1, -0.05) is 22.9 Å². The SMILES string of the molecule is CCC(=O)N(CC)C(CN)CCCNC(=O)CBr. The number of hydrogen-bond acceptors (Lipinski definition) is 3. The quantitative estimate of drug-likeness (QED) is 0.488. The van der Waals surface area contributed by atoms with E-state index in [0.29, 0.717) is 31.4 Å². The van der Waals surface area contributed by atoms with Gasteiger partial charge in [0.05, 0.1) is 5.33 Å². The van der Waals surface area contributed by atoms with E-state index in [0.717, 1.165) is 12.8 Å². The van der Waals surface area contributed by atoms with Gasteiger partial charge < -0.3 is 16.0 Å². The van der Waals surface area contributed by atoms with Crippen molar-refractivity contribution in [2.75, 3.05) is 25.0 Å². The molecule has 0 aliphatic rings. The van der Waals surface area contributed by atoms with Crippen molar-refractivity contribution in [3.63, 3.8) is 0 Å². The van der Waals surface area contributed by atoms with Crippen LogP contribution in [0, 0.1) is 0 Å². The Morgan fingerprint density at radius 2 is 2.06 bits per heavy atom. The lowest BCUT2D eigenvalue weighted by molar-refractivity contribution is -0.133. The Kier molecular flexibility index (Phi) is 9.96. The molecule has 0 bridgehead atoms. The largest absolute Gasteiger partial charge is 0.355 e. The van der Waals surface area contributed by atoms with Gasteiger partial charge >= 0.3 is 0 Å². The van der Waals surface area contributed by atoms with Crippen molar-refractivity contribution in [2.45, 2.75) is 39.2 Å². The van der Waals surface area contributed by atoms with Crippen molar-refractivity contribution in [2.24, 2.45) is 5.73 Å². The predicted molar refractivity (Wildman–Crippen MR) is 76.6 cm³/mol. The number of likely N-dealkylation sites (N-methyl/N-ethyl adjacent to an activating group) is 1. The molecule has 6 heteroatoms. The van der Waals surface area contributed by atoms with Crippen LogP contribution in [0.3, 0.4) is 0 Å². The summed E-state index contributed by atoms with van der Waals surface area (Å²) in [4.78, 5) is 24.6. The van der Waals surface area contributed by atoms with Crippen molar-refractivity contribution >= 4 is 27.7 Å². The molecule has 106 valence electrons. The molecular formula is C12H24BrN3O2. The molecule has 0 aromatic heterocycles. The van der Waals surface area contributed by atoms with E-state index in [4.69, 9.17) is 5.73 Å². The third-order valence-corrected chi connectivity index (χ3v) is 3.34. The van der Waals surface area contributed by atoms with Crippen molar-refractivity contribution < 1.29 is 9.59 Å². The highest BCUT2D eigenvalue weighted by Gasteiger charge is 2.19. The lowest BCUT2D eigenvalue weighted by atomic mass is 10.1. The number of amides is 2. The minimum Gasteiger partial charge on any atom is -0.355 e. The number of carbonyl (C=O) groups excluding carboxylic acids is 2. The summed E-state index contributed by atoms with van der Waals surface area (Å²) in [6, 6.07) is 0.0725. The van der Waals surface area contributed by atoms with E-state index in [1.165, 1.54) is 0 Å². The molecule has 0 fully saturated rings. The molecule has 0 saturated heterocycles. The highest BCUT2D eigenvalue weighted by Crippen LogP contribution is 2.07. The summed E-state index contributed by atoms with van der Waals surface area (Å²) in [5.74, 6) is 0.119. The van der Waals surface area contributed by atoms with Crippen molar-refractivity contribution in [3.8, 4) is 0 Å². The summed E-state index contributed by atoms with van der Waals surface area (Å²) in [5, 5.41) is 3.10. The van der Waals surface area contributed by atoms with Crippen LogP contribution in [0.15, 0.2) is 0 Å². The number of carbonyl (C=O) groups is 2. The number of nitrogens with two attached hydrogens (primary N) is 1. The maximum atomic E-state index is 11.7. The molecule has 0 aromatic carbocycles. The van der Waals surface area contributed by atoms with Crippen LogP contribution < -0.4 is 11.1 Å². The third kappa shape index (κ3) is 6.35. The smallest absolute Gasteiger partial charge is 0.230 e. The highest BCUT2D eigenvalue weighted by atomic mass is 79.9. The Balaban J connectivity index is 4.08. The first-order valence-electron chi connectivity index (χ1n) is 6.42. The first-order chi connectivity index (χ1) is 8.60. The molecule has 5 nitrogen and oxygen atoms in total. The predicted octanol–water partition coefficient (Wildman–Crippen LogP) is 0.863. The van der Waals surface area contributed by atoms with Gasteiger partial charge in [0.1, 0.15) is 0 Å². The standard InChI is InChI=1S/C12H24BrN3O2/c1-3-12(18)16(4-2)10(9-14)6-5-7-15-11(17)8-13/h10H,3-9,14H2,1-2H3,(H,15,17). The zero-order valence-electron chi connectivity index (χ0n) is 11.2. The Hall–Kier alpha value is -0.620. The molecule has 0 saturated carbocycles. The summed E-state index contributed by atoms with van der Waals surface area (Å²) < 4.78 is 0. The summed E-state index contributed by atoms with van der Waals surface area (Å²) in [7, 11) is 0. The molecule has 2 amide bonds. The number of hydrogen-bond donors (Lipinski definition) is 2.